The molecule has 0 aliphatic rings. The molecule has 0 atom stereocenters. The van der Waals surface area contributed by atoms with E-state index in [-0.39, 0.29) is 12.0 Å². The lowest BCUT2D eigenvalue weighted by molar-refractivity contribution is 0.202. The van der Waals surface area contributed by atoms with Crippen molar-refractivity contribution in [2.45, 2.75) is 6.92 Å². The van der Waals surface area contributed by atoms with Crippen LogP contribution in [0.2, 0.25) is 5.02 Å². The fourth-order valence-corrected chi connectivity index (χ4v) is 5.80. The number of aryl methyl sites for hydroxylation is 1. The van der Waals surface area contributed by atoms with Gasteiger partial charge in [0, 0.05) is 70.8 Å². The molecule has 38 heavy (non-hydrogen) atoms. The number of fused-ring (bicyclic) bond motifs is 2. The number of aliphatic hydroxyl groups excluding tert-OH is 1. The summed E-state index contributed by atoms with van der Waals surface area (Å²) in [4.78, 5) is 24.0. The van der Waals surface area contributed by atoms with E-state index < -0.39 is 0 Å². The van der Waals surface area contributed by atoms with Gasteiger partial charge in [-0.2, -0.15) is 0 Å². The van der Waals surface area contributed by atoms with Gasteiger partial charge in [0.25, 0.3) is 0 Å². The van der Waals surface area contributed by atoms with Crippen LogP contribution in [0, 0.1) is 6.92 Å². The minimum atomic E-state index is 0.0546. The predicted octanol–water partition coefficient (Wildman–Crippen LogP) is 5.08. The number of aliphatic hydroxyl groups is 1. The van der Waals surface area contributed by atoms with Crippen LogP contribution in [0.5, 0.6) is 0 Å². The second kappa shape index (κ2) is 13.0. The SMILES string of the molecule is C=Nc1cc(Cl)ccc1C(=NC)NCCN(CCO)CCNc1ccc(C)c2sc3ccccc3c(=O)c12. The maximum Gasteiger partial charge on any atom is 0.197 e. The highest BCUT2D eigenvalue weighted by molar-refractivity contribution is 7.24. The van der Waals surface area contributed by atoms with Crippen LogP contribution >= 0.6 is 22.9 Å². The normalized spacial score (nSPS) is 11.9. The molecule has 7 nitrogen and oxygen atoms in total. The molecule has 0 saturated carbocycles. The lowest BCUT2D eigenvalue weighted by Gasteiger charge is -2.23. The molecule has 0 unspecified atom stereocenters. The average molecular weight is 550 g/mol. The van der Waals surface area contributed by atoms with Crippen LogP contribution in [0.3, 0.4) is 0 Å². The van der Waals surface area contributed by atoms with Gasteiger partial charge in [-0.1, -0.05) is 29.8 Å². The molecule has 0 radical (unpaired) electrons. The Bertz CT molecular complexity index is 1540. The average Bonchev–Trinajstić information content (AvgIpc) is 2.93. The summed E-state index contributed by atoms with van der Waals surface area (Å²) >= 11 is 7.74. The first-order valence-corrected chi connectivity index (χ1v) is 13.7. The van der Waals surface area contributed by atoms with Crippen LogP contribution in [0.4, 0.5) is 11.4 Å². The monoisotopic (exact) mass is 549 g/mol. The molecule has 0 bridgehead atoms. The van der Waals surface area contributed by atoms with Crippen LogP contribution in [0.1, 0.15) is 11.1 Å². The van der Waals surface area contributed by atoms with Gasteiger partial charge in [-0.15, -0.1) is 11.3 Å². The summed E-state index contributed by atoms with van der Waals surface area (Å²) in [5, 5.41) is 18.5. The Labute approximate surface area is 231 Å². The second-order valence-corrected chi connectivity index (χ2v) is 10.4. The predicted molar refractivity (Wildman–Crippen MR) is 163 cm³/mol. The van der Waals surface area contributed by atoms with Gasteiger partial charge < -0.3 is 15.7 Å². The van der Waals surface area contributed by atoms with Gasteiger partial charge >= 0.3 is 0 Å². The summed E-state index contributed by atoms with van der Waals surface area (Å²) < 4.78 is 2.01. The van der Waals surface area contributed by atoms with Crippen LogP contribution < -0.4 is 16.1 Å². The number of hydrogen-bond acceptors (Lipinski definition) is 7. The molecule has 1 aromatic heterocycles. The molecule has 1 heterocycles. The number of amidine groups is 1. The first-order chi connectivity index (χ1) is 18.5. The molecule has 0 amide bonds. The highest BCUT2D eigenvalue weighted by atomic mass is 35.5. The highest BCUT2D eigenvalue weighted by Crippen LogP contribution is 2.31. The standard InChI is InChI=1S/C29H32ClN5O2S/c1-19-8-11-23(26-27(37)22-6-4-5-7-25(22)38-28(19)26)33-12-14-35(16-17-36)15-13-34-29(32-3)21-10-9-20(30)18-24(21)31-2/h4-11,18,33,36H,2,12-17H2,1,3H3,(H,32,34). The molecule has 4 rings (SSSR count). The summed E-state index contributed by atoms with van der Waals surface area (Å²) in [5.41, 5.74) is 3.48. The van der Waals surface area contributed by atoms with Crippen LogP contribution in [-0.4, -0.2) is 68.9 Å². The van der Waals surface area contributed by atoms with Crippen LogP contribution in [0.15, 0.2) is 69.4 Å². The number of aliphatic imine (C=N–C) groups is 2. The number of nitrogens with zero attached hydrogens (tertiary/aromatic N) is 3. The molecule has 0 aliphatic heterocycles. The van der Waals surface area contributed by atoms with E-state index in [1.165, 1.54) is 0 Å². The van der Waals surface area contributed by atoms with Gasteiger partial charge in [0.15, 0.2) is 5.43 Å². The largest absolute Gasteiger partial charge is 0.395 e. The number of benzene rings is 3. The van der Waals surface area contributed by atoms with Crippen molar-refractivity contribution < 1.29 is 5.11 Å². The number of nitrogens with one attached hydrogen (secondary N) is 2. The number of hydrogen-bond donors (Lipinski definition) is 3. The molecule has 0 fully saturated rings. The van der Waals surface area contributed by atoms with Gasteiger partial charge in [-0.25, -0.2) is 0 Å². The first kappa shape index (κ1) is 27.7. The Kier molecular flexibility index (Phi) is 9.47. The third-order valence-corrected chi connectivity index (χ3v) is 7.96. The molecule has 0 spiro atoms. The van der Waals surface area contributed by atoms with Gasteiger partial charge in [-0.05, 0) is 55.6 Å². The fourth-order valence-electron chi connectivity index (χ4n) is 4.47. The summed E-state index contributed by atoms with van der Waals surface area (Å²) in [7, 11) is 1.72. The number of rotatable bonds is 11. The van der Waals surface area contributed by atoms with Crippen molar-refractivity contribution in [1.82, 2.24) is 10.2 Å². The molecule has 3 aromatic carbocycles. The lowest BCUT2D eigenvalue weighted by atomic mass is 10.1. The third-order valence-electron chi connectivity index (χ3n) is 6.41. The fraction of sp³-hybridized carbons (Fsp3) is 0.276. The lowest BCUT2D eigenvalue weighted by Crippen LogP contribution is -2.39. The van der Waals surface area contributed by atoms with Gasteiger partial charge in [0.2, 0.25) is 0 Å². The van der Waals surface area contributed by atoms with E-state index in [4.69, 9.17) is 11.6 Å². The Morgan fingerprint density at radius 1 is 1.11 bits per heavy atom. The second-order valence-electron chi connectivity index (χ2n) is 8.87. The van der Waals surface area contributed by atoms with Gasteiger partial charge in [0.05, 0.1) is 17.7 Å². The Hall–Kier alpha value is -3.30. The van der Waals surface area contributed by atoms with E-state index >= 15 is 0 Å². The van der Waals surface area contributed by atoms with E-state index in [0.717, 1.165) is 37.0 Å². The zero-order chi connectivity index (χ0) is 27.1. The Morgan fingerprint density at radius 3 is 2.66 bits per heavy atom. The van der Waals surface area contributed by atoms with E-state index in [0.29, 0.717) is 49.3 Å². The molecule has 3 N–H and O–H groups in total. The van der Waals surface area contributed by atoms with Crippen molar-refractivity contribution in [3.8, 4) is 0 Å². The molecular formula is C29H32ClN5O2S. The van der Waals surface area contributed by atoms with Crippen molar-refractivity contribution in [3.63, 3.8) is 0 Å². The summed E-state index contributed by atoms with van der Waals surface area (Å²) in [6, 6.07) is 17.2. The maximum absolute atomic E-state index is 13.4. The summed E-state index contributed by atoms with van der Waals surface area (Å²) in [5.74, 6) is 0.703. The van der Waals surface area contributed by atoms with Crippen molar-refractivity contribution in [3.05, 3.63) is 81.0 Å². The quantitative estimate of drug-likeness (QED) is 0.138. The first-order valence-electron chi connectivity index (χ1n) is 12.5. The number of halogens is 1. The van der Waals surface area contributed by atoms with Gasteiger partial charge in [0.1, 0.15) is 5.84 Å². The van der Waals surface area contributed by atoms with Crippen LogP contribution in [-0.2, 0) is 0 Å². The molecule has 9 heteroatoms. The molecule has 198 valence electrons. The molecule has 0 aliphatic carbocycles. The number of anilines is 1. The zero-order valence-corrected chi connectivity index (χ0v) is 23.2. The van der Waals surface area contributed by atoms with Crippen molar-refractivity contribution >= 4 is 67.0 Å². The molecular weight excluding hydrogens is 518 g/mol. The minimum absolute atomic E-state index is 0.0546. The van der Waals surface area contributed by atoms with Crippen molar-refractivity contribution in [2.24, 2.45) is 9.98 Å². The van der Waals surface area contributed by atoms with Crippen molar-refractivity contribution in [2.75, 3.05) is 51.7 Å². The van der Waals surface area contributed by atoms with Gasteiger partial charge in [-0.3, -0.25) is 19.7 Å². The Morgan fingerprint density at radius 2 is 1.89 bits per heavy atom. The molecule has 4 aromatic rings. The minimum Gasteiger partial charge on any atom is -0.395 e. The topological polar surface area (TPSA) is 89.3 Å². The maximum atomic E-state index is 13.4. The zero-order valence-electron chi connectivity index (χ0n) is 21.6. The van der Waals surface area contributed by atoms with Crippen molar-refractivity contribution in [1.29, 1.82) is 0 Å². The summed E-state index contributed by atoms with van der Waals surface area (Å²) in [6.45, 7) is 8.91. The Balaban J connectivity index is 1.42. The summed E-state index contributed by atoms with van der Waals surface area (Å²) in [6.07, 6.45) is 0. The molecule has 0 saturated heterocycles. The van der Waals surface area contributed by atoms with E-state index in [1.54, 1.807) is 30.5 Å². The van der Waals surface area contributed by atoms with E-state index in [1.807, 2.05) is 43.3 Å². The van der Waals surface area contributed by atoms with Crippen LogP contribution in [0.25, 0.3) is 20.2 Å². The smallest absolute Gasteiger partial charge is 0.197 e. The third kappa shape index (κ3) is 6.22. The van der Waals surface area contributed by atoms with E-state index in [9.17, 15) is 9.90 Å². The highest BCUT2D eigenvalue weighted by Gasteiger charge is 2.13. The van der Waals surface area contributed by atoms with E-state index in [2.05, 4.69) is 38.3 Å².